The van der Waals surface area contributed by atoms with Crippen LogP contribution >= 0.6 is 0 Å². The Balaban J connectivity index is 1.53. The van der Waals surface area contributed by atoms with Crippen molar-refractivity contribution in [1.82, 2.24) is 9.97 Å². The summed E-state index contributed by atoms with van der Waals surface area (Å²) in [6.45, 7) is 0.0986. The summed E-state index contributed by atoms with van der Waals surface area (Å²) < 4.78 is 33.4. The van der Waals surface area contributed by atoms with E-state index in [9.17, 15) is 14.7 Å². The second-order valence-electron chi connectivity index (χ2n) is 8.82. The highest BCUT2D eigenvalue weighted by molar-refractivity contribution is 5.87. The zero-order chi connectivity index (χ0) is 25.7. The lowest BCUT2D eigenvalue weighted by atomic mass is 9.66. The molecule has 0 radical (unpaired) electrons. The van der Waals surface area contributed by atoms with Gasteiger partial charge in [-0.15, -0.1) is 0 Å². The molecule has 1 aromatic heterocycles. The molecule has 2 aromatic carbocycles. The van der Waals surface area contributed by atoms with Crippen LogP contribution in [0.15, 0.2) is 42.9 Å². The number of hydrogen-bond acceptors (Lipinski definition) is 11. The predicted molar refractivity (Wildman–Crippen MR) is 124 cm³/mol. The van der Waals surface area contributed by atoms with Gasteiger partial charge in [0.15, 0.2) is 28.7 Å². The number of cyclic esters (lactones) is 1. The van der Waals surface area contributed by atoms with Crippen LogP contribution in [0.5, 0.6) is 28.7 Å². The fourth-order valence-electron chi connectivity index (χ4n) is 5.34. The van der Waals surface area contributed by atoms with Crippen molar-refractivity contribution in [3.05, 3.63) is 65.2 Å². The average molecular weight is 506 g/mol. The van der Waals surface area contributed by atoms with E-state index in [0.29, 0.717) is 28.2 Å². The fourth-order valence-corrected chi connectivity index (χ4v) is 5.34. The Labute approximate surface area is 210 Å². The number of ether oxygens (including phenoxy) is 6. The van der Waals surface area contributed by atoms with Crippen LogP contribution in [-0.4, -0.2) is 54.6 Å². The summed E-state index contributed by atoms with van der Waals surface area (Å²) in [7, 11) is 2.86. The van der Waals surface area contributed by atoms with E-state index in [1.54, 1.807) is 24.3 Å². The van der Waals surface area contributed by atoms with Crippen molar-refractivity contribution in [2.45, 2.75) is 12.0 Å². The minimum Gasteiger partial charge on any atom is -0.502 e. The molecule has 3 aliphatic rings. The maximum absolute atomic E-state index is 13.2. The summed E-state index contributed by atoms with van der Waals surface area (Å²) in [5.41, 5.74) is 2.04. The number of carbonyl (C=O) groups is 2. The monoisotopic (exact) mass is 506 g/mol. The number of fused-ring (bicyclic) bond motifs is 3. The molecular formula is C26H22N2O9. The van der Waals surface area contributed by atoms with Gasteiger partial charge in [0.25, 0.3) is 0 Å². The Bertz CT molecular complexity index is 1370. The Morgan fingerprint density at radius 1 is 1.00 bits per heavy atom. The summed E-state index contributed by atoms with van der Waals surface area (Å²) in [5, 5.41) is 10.5. The van der Waals surface area contributed by atoms with Gasteiger partial charge in [-0.1, -0.05) is 0 Å². The quantitative estimate of drug-likeness (QED) is 0.512. The van der Waals surface area contributed by atoms with Gasteiger partial charge >= 0.3 is 11.9 Å². The van der Waals surface area contributed by atoms with Gasteiger partial charge in [-0.3, -0.25) is 9.78 Å². The highest BCUT2D eigenvalue weighted by Gasteiger charge is 2.54. The highest BCUT2D eigenvalue weighted by Crippen LogP contribution is 2.56. The third-order valence-electron chi connectivity index (χ3n) is 6.99. The van der Waals surface area contributed by atoms with Crippen LogP contribution < -0.4 is 18.9 Å². The normalized spacial score (nSPS) is 23.0. The highest BCUT2D eigenvalue weighted by atomic mass is 16.7. The molecule has 37 heavy (non-hydrogen) atoms. The summed E-state index contributed by atoms with van der Waals surface area (Å²) in [6, 6.07) is 6.88. The standard InChI is InChI=1S/C26H22N2O9/c1-32-19-5-12(6-20(33-2)23(19)29)21-13-7-17-18(36-11-35-17)8-14(13)24(15-10-34-26(31)22(15)21)37-25(30)16-9-27-3-4-28-16/h3-9,15,21-22,24,29H,10-11H2,1-2H3/t15-,21+,22-,24+/m0/s1. The van der Waals surface area contributed by atoms with E-state index in [1.807, 2.05) is 0 Å². The molecule has 0 saturated carbocycles. The third-order valence-corrected chi connectivity index (χ3v) is 6.99. The summed E-state index contributed by atoms with van der Waals surface area (Å²) in [6.07, 6.45) is 3.35. The van der Waals surface area contributed by atoms with Crippen molar-refractivity contribution in [3.63, 3.8) is 0 Å². The lowest BCUT2D eigenvalue weighted by Crippen LogP contribution is -2.36. The van der Waals surface area contributed by atoms with E-state index in [-0.39, 0.29) is 36.3 Å². The summed E-state index contributed by atoms with van der Waals surface area (Å²) in [4.78, 5) is 34.1. The molecule has 11 nitrogen and oxygen atoms in total. The van der Waals surface area contributed by atoms with Crippen molar-refractivity contribution >= 4 is 11.9 Å². The van der Waals surface area contributed by atoms with Gasteiger partial charge in [-0.2, -0.15) is 0 Å². The van der Waals surface area contributed by atoms with Crippen molar-refractivity contribution in [2.75, 3.05) is 27.6 Å². The first-order valence-electron chi connectivity index (χ1n) is 11.5. The zero-order valence-electron chi connectivity index (χ0n) is 19.9. The van der Waals surface area contributed by atoms with Crippen molar-refractivity contribution < 1.29 is 43.1 Å². The van der Waals surface area contributed by atoms with E-state index >= 15 is 0 Å². The Kier molecular flexibility index (Phi) is 5.47. The second kappa shape index (κ2) is 8.84. The Hall–Kier alpha value is -4.54. The molecule has 1 fully saturated rings. The minimum absolute atomic E-state index is 0.0433. The molecule has 11 heteroatoms. The smallest absolute Gasteiger partial charge is 0.359 e. The van der Waals surface area contributed by atoms with Crippen LogP contribution in [0.1, 0.15) is 39.2 Å². The number of aromatic hydroxyl groups is 1. The van der Waals surface area contributed by atoms with E-state index in [0.717, 1.165) is 0 Å². The fraction of sp³-hybridized carbons (Fsp3) is 0.308. The van der Waals surface area contributed by atoms with Gasteiger partial charge in [0.2, 0.25) is 12.5 Å². The van der Waals surface area contributed by atoms with Crippen LogP contribution in [0.3, 0.4) is 0 Å². The van der Waals surface area contributed by atoms with Crippen LogP contribution in [0.25, 0.3) is 0 Å². The average Bonchev–Trinajstić information content (AvgIpc) is 3.54. The van der Waals surface area contributed by atoms with Gasteiger partial charge in [0, 0.05) is 29.8 Å². The molecule has 0 bridgehead atoms. The predicted octanol–water partition coefficient (Wildman–Crippen LogP) is 2.76. The Morgan fingerprint density at radius 3 is 2.35 bits per heavy atom. The third kappa shape index (κ3) is 3.65. The molecule has 190 valence electrons. The van der Waals surface area contributed by atoms with Gasteiger partial charge in [-0.05, 0) is 35.4 Å². The molecule has 1 aliphatic carbocycles. The van der Waals surface area contributed by atoms with E-state index in [2.05, 4.69) is 9.97 Å². The van der Waals surface area contributed by atoms with Gasteiger partial charge in [0.05, 0.1) is 32.9 Å². The number of phenols is 1. The van der Waals surface area contributed by atoms with Crippen LogP contribution in [0.2, 0.25) is 0 Å². The number of rotatable bonds is 5. The topological polar surface area (TPSA) is 136 Å². The lowest BCUT2D eigenvalue weighted by molar-refractivity contribution is -0.141. The first-order valence-corrected chi connectivity index (χ1v) is 11.5. The van der Waals surface area contributed by atoms with Crippen molar-refractivity contribution in [1.29, 1.82) is 0 Å². The van der Waals surface area contributed by atoms with E-state index in [4.69, 9.17) is 28.4 Å². The number of esters is 2. The maximum Gasteiger partial charge on any atom is 0.359 e. The SMILES string of the molecule is COc1cc([C@@H]2c3cc4c(cc3[C@@H](OC(=O)c3cnccn3)[C@H]3COC(=O)[C@H]23)OCO4)cc(OC)c1O. The van der Waals surface area contributed by atoms with Crippen LogP contribution in [-0.2, 0) is 14.3 Å². The minimum atomic E-state index is -0.826. The number of benzene rings is 2. The largest absolute Gasteiger partial charge is 0.502 e. The molecule has 1 N–H and O–H groups in total. The zero-order valence-corrected chi connectivity index (χ0v) is 19.9. The molecule has 2 aliphatic heterocycles. The molecule has 6 rings (SSSR count). The molecule has 1 saturated heterocycles. The van der Waals surface area contributed by atoms with E-state index in [1.165, 1.54) is 32.8 Å². The van der Waals surface area contributed by atoms with Crippen LogP contribution in [0.4, 0.5) is 0 Å². The molecule has 4 atom stereocenters. The van der Waals surface area contributed by atoms with Crippen molar-refractivity contribution in [3.8, 4) is 28.7 Å². The lowest BCUT2D eigenvalue weighted by Gasteiger charge is -2.38. The molecule has 0 unspecified atom stereocenters. The molecule has 3 aromatic rings. The number of carbonyl (C=O) groups excluding carboxylic acids is 2. The van der Waals surface area contributed by atoms with Gasteiger partial charge in [-0.25, -0.2) is 9.78 Å². The Morgan fingerprint density at radius 2 is 1.70 bits per heavy atom. The summed E-state index contributed by atoms with van der Waals surface area (Å²) in [5.74, 6) is -1.62. The van der Waals surface area contributed by atoms with E-state index < -0.39 is 35.8 Å². The molecule has 3 heterocycles. The number of methoxy groups -OCH3 is 2. The first-order chi connectivity index (χ1) is 18.0. The number of aromatic nitrogens is 2. The second-order valence-corrected chi connectivity index (χ2v) is 8.82. The number of phenolic OH excluding ortho intramolecular Hbond substituents is 1. The number of nitrogens with zero attached hydrogens (tertiary/aromatic N) is 2. The van der Waals surface area contributed by atoms with Gasteiger partial charge in [0.1, 0.15) is 6.10 Å². The maximum atomic E-state index is 13.2. The first kappa shape index (κ1) is 22.9. The molecule has 0 spiro atoms. The van der Waals surface area contributed by atoms with Crippen molar-refractivity contribution in [2.24, 2.45) is 11.8 Å². The summed E-state index contributed by atoms with van der Waals surface area (Å²) >= 11 is 0. The number of hydrogen-bond donors (Lipinski definition) is 1. The van der Waals surface area contributed by atoms with Gasteiger partial charge < -0.3 is 33.5 Å². The molecular weight excluding hydrogens is 484 g/mol. The van der Waals surface area contributed by atoms with Crippen LogP contribution in [0, 0.1) is 11.8 Å². The molecule has 0 amide bonds.